The lowest BCUT2D eigenvalue weighted by molar-refractivity contribution is 0.0375. The molecule has 3 aromatic rings. The Kier molecular flexibility index (Phi) is 10.5. The Bertz CT molecular complexity index is 1300. The fraction of sp³-hybridized carbons (Fsp3) is 0.355. The minimum atomic E-state index is -2.59. The Balaban J connectivity index is 0.000000383. The van der Waals surface area contributed by atoms with Crippen molar-refractivity contribution in [2.45, 2.75) is 76.5 Å². The summed E-state index contributed by atoms with van der Waals surface area (Å²) in [6, 6.07) is 10.5. The molecule has 2 aromatic heterocycles. The SMILES string of the molecule is C/C=C(\C)C(F)(F)CC.C=C(/C=C\C)c1ccc(CSc2ccnc(-c3c(C)ncnc3C3CC3)n2)cc1. The first-order valence-corrected chi connectivity index (χ1v) is 13.9. The smallest absolute Gasteiger partial charge is 0.241 e. The molecule has 7 heteroatoms. The fourth-order valence-corrected chi connectivity index (χ4v) is 4.55. The number of nitrogens with zero attached hydrogens (tertiary/aromatic N) is 4. The largest absolute Gasteiger partial charge is 0.268 e. The molecular formula is C31H36F2N4S. The molecule has 0 unspecified atom stereocenters. The van der Waals surface area contributed by atoms with Gasteiger partial charge in [0.2, 0.25) is 0 Å². The van der Waals surface area contributed by atoms with Gasteiger partial charge < -0.3 is 0 Å². The number of thioether (sulfide) groups is 1. The van der Waals surface area contributed by atoms with Crippen molar-refractivity contribution in [3.05, 3.63) is 95.8 Å². The molecule has 1 aliphatic rings. The summed E-state index contributed by atoms with van der Waals surface area (Å²) >= 11 is 1.71. The normalized spacial score (nSPS) is 13.8. The zero-order chi connectivity index (χ0) is 27.7. The van der Waals surface area contributed by atoms with Gasteiger partial charge in [0.1, 0.15) is 11.4 Å². The van der Waals surface area contributed by atoms with Crippen molar-refractivity contribution in [3.63, 3.8) is 0 Å². The van der Waals surface area contributed by atoms with Gasteiger partial charge in [0.05, 0.1) is 17.0 Å². The molecular weight excluding hydrogens is 498 g/mol. The molecule has 38 heavy (non-hydrogen) atoms. The van der Waals surface area contributed by atoms with Crippen LogP contribution in [-0.4, -0.2) is 25.9 Å². The second-order valence-corrected chi connectivity index (χ2v) is 10.2. The minimum Gasteiger partial charge on any atom is -0.241 e. The molecule has 2 heterocycles. The summed E-state index contributed by atoms with van der Waals surface area (Å²) in [5, 5.41) is 0.961. The molecule has 0 saturated heterocycles. The minimum absolute atomic E-state index is 0.108. The molecule has 0 bridgehead atoms. The molecule has 1 saturated carbocycles. The van der Waals surface area contributed by atoms with Gasteiger partial charge in [-0.1, -0.05) is 56.0 Å². The predicted molar refractivity (Wildman–Crippen MR) is 154 cm³/mol. The Morgan fingerprint density at radius 2 is 1.82 bits per heavy atom. The third-order valence-electron chi connectivity index (χ3n) is 6.42. The average Bonchev–Trinajstić information content (AvgIpc) is 3.78. The zero-order valence-corrected chi connectivity index (χ0v) is 23.7. The Labute approximate surface area is 229 Å². The Hall–Kier alpha value is -3.19. The summed E-state index contributed by atoms with van der Waals surface area (Å²) in [5.41, 5.74) is 6.63. The number of alkyl halides is 2. The van der Waals surface area contributed by atoms with Crippen molar-refractivity contribution >= 4 is 17.3 Å². The second-order valence-electron chi connectivity index (χ2n) is 9.25. The Morgan fingerprint density at radius 3 is 2.39 bits per heavy atom. The highest BCUT2D eigenvalue weighted by Crippen LogP contribution is 2.43. The van der Waals surface area contributed by atoms with Crippen LogP contribution in [0.1, 0.15) is 75.4 Å². The second kappa shape index (κ2) is 13.6. The van der Waals surface area contributed by atoms with Gasteiger partial charge in [0.25, 0.3) is 5.92 Å². The highest BCUT2D eigenvalue weighted by molar-refractivity contribution is 7.98. The van der Waals surface area contributed by atoms with Crippen LogP contribution in [0.5, 0.6) is 0 Å². The first kappa shape index (κ1) is 29.4. The number of rotatable bonds is 9. The summed E-state index contributed by atoms with van der Waals surface area (Å²) in [7, 11) is 0. The lowest BCUT2D eigenvalue weighted by Crippen LogP contribution is -2.15. The van der Waals surface area contributed by atoms with E-state index in [0.29, 0.717) is 5.92 Å². The van der Waals surface area contributed by atoms with Crippen LogP contribution in [0.4, 0.5) is 8.78 Å². The third-order valence-corrected chi connectivity index (χ3v) is 7.42. The topological polar surface area (TPSA) is 51.6 Å². The number of hydrogen-bond donors (Lipinski definition) is 0. The zero-order valence-electron chi connectivity index (χ0n) is 22.8. The van der Waals surface area contributed by atoms with Gasteiger partial charge >= 0.3 is 0 Å². The lowest BCUT2D eigenvalue weighted by Gasteiger charge is -2.13. The van der Waals surface area contributed by atoms with E-state index in [0.717, 1.165) is 44.7 Å². The molecule has 0 spiro atoms. The standard InChI is InChI=1S/C24H24N4S.C7H12F2/c1-4-5-16(2)19-8-6-18(7-9-19)14-29-21-12-13-25-24(28-21)22-17(3)26-15-27-23(22)20-10-11-20;1-4-6(3)7(8,9)5-2/h4-9,12-13,15,20H,2,10-11,14H2,1,3H3;4H,5H2,1-3H3/b5-4-;6-4+. The maximum Gasteiger partial charge on any atom is 0.268 e. The van der Waals surface area contributed by atoms with Crippen LogP contribution in [0.3, 0.4) is 0 Å². The van der Waals surface area contributed by atoms with Crippen molar-refractivity contribution in [1.82, 2.24) is 19.9 Å². The third kappa shape index (κ3) is 7.90. The first-order chi connectivity index (χ1) is 18.2. The quantitative estimate of drug-likeness (QED) is 0.119. The van der Waals surface area contributed by atoms with Gasteiger partial charge in [-0.05, 0) is 68.9 Å². The number of halogens is 2. The van der Waals surface area contributed by atoms with Gasteiger partial charge in [-0.15, -0.1) is 11.8 Å². The molecule has 0 aliphatic heterocycles. The molecule has 0 radical (unpaired) electrons. The average molecular weight is 535 g/mol. The van der Waals surface area contributed by atoms with Crippen molar-refractivity contribution in [3.8, 4) is 11.4 Å². The van der Waals surface area contributed by atoms with E-state index in [-0.39, 0.29) is 12.0 Å². The van der Waals surface area contributed by atoms with E-state index in [1.807, 2.05) is 38.3 Å². The van der Waals surface area contributed by atoms with Gasteiger partial charge in [-0.25, -0.2) is 28.7 Å². The van der Waals surface area contributed by atoms with Crippen LogP contribution in [0.15, 0.2) is 78.3 Å². The highest BCUT2D eigenvalue weighted by Gasteiger charge is 2.30. The van der Waals surface area contributed by atoms with E-state index in [1.54, 1.807) is 25.0 Å². The van der Waals surface area contributed by atoms with Crippen molar-refractivity contribution in [2.75, 3.05) is 0 Å². The van der Waals surface area contributed by atoms with Crippen molar-refractivity contribution < 1.29 is 8.78 Å². The van der Waals surface area contributed by atoms with E-state index in [9.17, 15) is 8.78 Å². The van der Waals surface area contributed by atoms with E-state index < -0.39 is 5.92 Å². The predicted octanol–water partition coefficient (Wildman–Crippen LogP) is 9.00. The van der Waals surface area contributed by atoms with Crippen LogP contribution in [0.25, 0.3) is 17.0 Å². The van der Waals surface area contributed by atoms with Crippen molar-refractivity contribution in [2.24, 2.45) is 0 Å². The van der Waals surface area contributed by atoms with Crippen molar-refractivity contribution in [1.29, 1.82) is 0 Å². The summed E-state index contributed by atoms with van der Waals surface area (Å²) in [4.78, 5) is 18.2. The van der Waals surface area contributed by atoms with E-state index in [2.05, 4.69) is 45.8 Å². The van der Waals surface area contributed by atoms with Gasteiger partial charge in [0, 0.05) is 24.3 Å². The van der Waals surface area contributed by atoms with Crippen LogP contribution < -0.4 is 0 Å². The van der Waals surface area contributed by atoms with Gasteiger partial charge in [-0.2, -0.15) is 0 Å². The van der Waals surface area contributed by atoms with E-state index >= 15 is 0 Å². The summed E-state index contributed by atoms with van der Waals surface area (Å²) < 4.78 is 25.0. The van der Waals surface area contributed by atoms with Crippen LogP contribution in [-0.2, 0) is 5.75 Å². The molecule has 0 amide bonds. The Morgan fingerprint density at radius 1 is 1.11 bits per heavy atom. The molecule has 4 rings (SSSR count). The summed E-state index contributed by atoms with van der Waals surface area (Å²) in [6.07, 6.45) is 11.2. The number of hydrogen-bond acceptors (Lipinski definition) is 5. The molecule has 4 nitrogen and oxygen atoms in total. The van der Waals surface area contributed by atoms with E-state index in [4.69, 9.17) is 4.98 Å². The maximum absolute atomic E-state index is 12.5. The first-order valence-electron chi connectivity index (χ1n) is 12.9. The van der Waals surface area contributed by atoms with E-state index in [1.165, 1.54) is 38.3 Å². The number of benzene rings is 1. The van der Waals surface area contributed by atoms with Gasteiger partial charge in [0.15, 0.2) is 5.82 Å². The molecule has 200 valence electrons. The van der Waals surface area contributed by atoms with Crippen LogP contribution in [0.2, 0.25) is 0 Å². The molecule has 1 aromatic carbocycles. The number of aryl methyl sites for hydroxylation is 1. The van der Waals surface area contributed by atoms with Crippen LogP contribution in [0, 0.1) is 6.92 Å². The summed E-state index contributed by atoms with van der Waals surface area (Å²) in [5.74, 6) is -0.475. The number of aromatic nitrogens is 4. The maximum atomic E-state index is 12.5. The van der Waals surface area contributed by atoms with Crippen LogP contribution >= 0.6 is 11.8 Å². The molecule has 0 N–H and O–H groups in total. The monoisotopic (exact) mass is 534 g/mol. The van der Waals surface area contributed by atoms with Gasteiger partial charge in [-0.3, -0.25) is 0 Å². The highest BCUT2D eigenvalue weighted by atomic mass is 32.2. The fourth-order valence-electron chi connectivity index (χ4n) is 3.74. The number of allylic oxidation sites excluding steroid dienone is 5. The summed E-state index contributed by atoms with van der Waals surface area (Å²) in [6.45, 7) is 12.7. The molecule has 1 aliphatic carbocycles. The molecule has 1 fully saturated rings. The molecule has 0 atom stereocenters. The lowest BCUT2D eigenvalue weighted by atomic mass is 10.1.